The van der Waals surface area contributed by atoms with Crippen LogP contribution in [0.4, 0.5) is 0 Å². The highest BCUT2D eigenvalue weighted by Crippen LogP contribution is 2.28. The standard InChI is InChI=1S/C19H33NO2/c20-15-9-5-4-8-12-18-17(13-14-19(18)22)11-7-3-1-2-6-10-16-21/h7-8,11-14,17-19,21-22H,1-6,9-10,15-16,20H2/t17-,18+,19-/m1/s1. The van der Waals surface area contributed by atoms with E-state index in [0.717, 1.165) is 45.1 Å². The normalized spacial score (nSPS) is 25.0. The molecule has 0 aromatic carbocycles. The van der Waals surface area contributed by atoms with Gasteiger partial charge in [-0.25, -0.2) is 0 Å². The summed E-state index contributed by atoms with van der Waals surface area (Å²) < 4.78 is 0. The van der Waals surface area contributed by atoms with Gasteiger partial charge in [0.25, 0.3) is 0 Å². The second kappa shape index (κ2) is 12.6. The number of hydrogen-bond donors (Lipinski definition) is 3. The molecular weight excluding hydrogens is 274 g/mol. The van der Waals surface area contributed by atoms with Crippen molar-refractivity contribution in [3.63, 3.8) is 0 Å². The molecule has 3 heteroatoms. The summed E-state index contributed by atoms with van der Waals surface area (Å²) in [6.07, 6.45) is 21.2. The third kappa shape index (κ3) is 7.92. The molecule has 1 rings (SSSR count). The first-order chi connectivity index (χ1) is 10.8. The van der Waals surface area contributed by atoms with E-state index < -0.39 is 0 Å². The van der Waals surface area contributed by atoms with Crippen LogP contribution in [-0.4, -0.2) is 29.5 Å². The highest BCUT2D eigenvalue weighted by molar-refractivity contribution is 5.19. The van der Waals surface area contributed by atoms with Crippen molar-refractivity contribution in [1.29, 1.82) is 0 Å². The molecule has 0 aromatic heterocycles. The molecule has 22 heavy (non-hydrogen) atoms. The van der Waals surface area contributed by atoms with Crippen molar-refractivity contribution in [3.05, 3.63) is 36.5 Å². The second-order valence-corrected chi connectivity index (χ2v) is 6.10. The van der Waals surface area contributed by atoms with Gasteiger partial charge in [-0.3, -0.25) is 0 Å². The lowest BCUT2D eigenvalue weighted by atomic mass is 9.92. The maximum atomic E-state index is 10.0. The molecule has 3 atom stereocenters. The lowest BCUT2D eigenvalue weighted by Gasteiger charge is -2.15. The number of rotatable bonds is 12. The van der Waals surface area contributed by atoms with Gasteiger partial charge < -0.3 is 15.9 Å². The predicted molar refractivity (Wildman–Crippen MR) is 93.5 cm³/mol. The fourth-order valence-electron chi connectivity index (χ4n) is 2.80. The summed E-state index contributed by atoms with van der Waals surface area (Å²) in [7, 11) is 0. The molecule has 0 aromatic rings. The van der Waals surface area contributed by atoms with Gasteiger partial charge in [-0.1, -0.05) is 49.3 Å². The Balaban J connectivity index is 2.26. The fourth-order valence-corrected chi connectivity index (χ4v) is 2.80. The number of allylic oxidation sites excluding steroid dienone is 4. The lowest BCUT2D eigenvalue weighted by molar-refractivity contribution is 0.177. The summed E-state index contributed by atoms with van der Waals surface area (Å²) in [5.41, 5.74) is 5.49. The Bertz CT molecular complexity index is 349. The van der Waals surface area contributed by atoms with Gasteiger partial charge in [0.15, 0.2) is 0 Å². The average Bonchev–Trinajstić information content (AvgIpc) is 2.87. The zero-order valence-electron chi connectivity index (χ0n) is 13.7. The molecule has 0 radical (unpaired) electrons. The first kappa shape index (κ1) is 19.1. The van der Waals surface area contributed by atoms with E-state index in [-0.39, 0.29) is 12.0 Å². The summed E-state index contributed by atoms with van der Waals surface area (Å²) in [4.78, 5) is 0. The number of aliphatic hydroxyl groups is 2. The van der Waals surface area contributed by atoms with Crippen molar-refractivity contribution < 1.29 is 10.2 Å². The first-order valence-electron chi connectivity index (χ1n) is 8.80. The molecule has 0 saturated carbocycles. The molecular formula is C19H33NO2. The summed E-state index contributed by atoms with van der Waals surface area (Å²) in [6, 6.07) is 0. The molecule has 0 bridgehead atoms. The fraction of sp³-hybridized carbons (Fsp3) is 0.684. The minimum absolute atomic E-state index is 0.184. The minimum Gasteiger partial charge on any atom is -0.396 e. The summed E-state index contributed by atoms with van der Waals surface area (Å²) in [6.45, 7) is 1.06. The van der Waals surface area contributed by atoms with Crippen molar-refractivity contribution in [2.75, 3.05) is 13.2 Å². The average molecular weight is 307 g/mol. The number of hydrogen-bond acceptors (Lipinski definition) is 3. The highest BCUT2D eigenvalue weighted by atomic mass is 16.3. The molecule has 0 saturated heterocycles. The van der Waals surface area contributed by atoms with Crippen LogP contribution in [0.1, 0.15) is 51.4 Å². The molecule has 3 nitrogen and oxygen atoms in total. The third-order valence-corrected chi connectivity index (χ3v) is 4.19. The Labute approximate surface area is 135 Å². The van der Waals surface area contributed by atoms with Gasteiger partial charge in [0.1, 0.15) is 0 Å². The zero-order valence-corrected chi connectivity index (χ0v) is 13.7. The Morgan fingerprint density at radius 2 is 1.55 bits per heavy atom. The number of unbranched alkanes of at least 4 members (excludes halogenated alkanes) is 6. The minimum atomic E-state index is -0.357. The van der Waals surface area contributed by atoms with E-state index in [4.69, 9.17) is 10.8 Å². The van der Waals surface area contributed by atoms with E-state index in [0.29, 0.717) is 12.5 Å². The van der Waals surface area contributed by atoms with Gasteiger partial charge in [0.05, 0.1) is 6.10 Å². The van der Waals surface area contributed by atoms with E-state index in [2.05, 4.69) is 30.4 Å². The van der Waals surface area contributed by atoms with E-state index in [1.165, 1.54) is 12.8 Å². The van der Waals surface area contributed by atoms with Crippen LogP contribution in [0.2, 0.25) is 0 Å². The van der Waals surface area contributed by atoms with Crippen LogP contribution >= 0.6 is 0 Å². The van der Waals surface area contributed by atoms with E-state index in [9.17, 15) is 5.11 Å². The topological polar surface area (TPSA) is 66.5 Å². The number of nitrogens with two attached hydrogens (primary N) is 1. The molecule has 126 valence electrons. The van der Waals surface area contributed by atoms with E-state index in [1.807, 2.05) is 6.08 Å². The number of aliphatic hydroxyl groups excluding tert-OH is 2. The van der Waals surface area contributed by atoms with Crippen LogP contribution in [0, 0.1) is 11.8 Å². The van der Waals surface area contributed by atoms with Crippen LogP contribution in [-0.2, 0) is 0 Å². The molecule has 0 fully saturated rings. The summed E-state index contributed by atoms with van der Waals surface area (Å²) >= 11 is 0. The maximum absolute atomic E-state index is 10.0. The quantitative estimate of drug-likeness (QED) is 0.383. The van der Waals surface area contributed by atoms with Crippen molar-refractivity contribution in [1.82, 2.24) is 0 Å². The van der Waals surface area contributed by atoms with E-state index >= 15 is 0 Å². The van der Waals surface area contributed by atoms with Crippen LogP contribution < -0.4 is 5.73 Å². The van der Waals surface area contributed by atoms with Crippen molar-refractivity contribution in [3.8, 4) is 0 Å². The Hall–Kier alpha value is -0.900. The maximum Gasteiger partial charge on any atom is 0.0792 e. The molecule has 0 heterocycles. The van der Waals surface area contributed by atoms with Gasteiger partial charge in [-0.2, -0.15) is 0 Å². The lowest BCUT2D eigenvalue weighted by Crippen LogP contribution is -2.16. The van der Waals surface area contributed by atoms with Crippen LogP contribution in [0.5, 0.6) is 0 Å². The van der Waals surface area contributed by atoms with Crippen LogP contribution in [0.25, 0.3) is 0 Å². The van der Waals surface area contributed by atoms with Crippen molar-refractivity contribution in [2.24, 2.45) is 17.6 Å². The predicted octanol–water partition coefficient (Wildman–Crippen LogP) is 3.33. The first-order valence-corrected chi connectivity index (χ1v) is 8.80. The second-order valence-electron chi connectivity index (χ2n) is 6.10. The van der Waals surface area contributed by atoms with Crippen molar-refractivity contribution in [2.45, 2.75) is 57.5 Å². The summed E-state index contributed by atoms with van der Waals surface area (Å²) in [5.74, 6) is 0.502. The summed E-state index contributed by atoms with van der Waals surface area (Å²) in [5, 5.41) is 18.8. The molecule has 0 aliphatic heterocycles. The Morgan fingerprint density at radius 3 is 2.27 bits per heavy atom. The molecule has 1 aliphatic rings. The Kier molecular flexibility index (Phi) is 11.0. The highest BCUT2D eigenvalue weighted by Gasteiger charge is 2.25. The zero-order chi connectivity index (χ0) is 16.0. The smallest absolute Gasteiger partial charge is 0.0792 e. The SMILES string of the molecule is NCCCCC=C[C@H]1[C@H](C=CCCCCCCO)C=C[C@H]1O. The molecule has 0 amide bonds. The van der Waals surface area contributed by atoms with E-state index in [1.54, 1.807) is 0 Å². The molecule has 1 aliphatic carbocycles. The molecule has 4 N–H and O–H groups in total. The van der Waals surface area contributed by atoms with Gasteiger partial charge in [0, 0.05) is 18.4 Å². The van der Waals surface area contributed by atoms with Gasteiger partial charge >= 0.3 is 0 Å². The monoisotopic (exact) mass is 307 g/mol. The van der Waals surface area contributed by atoms with Crippen molar-refractivity contribution >= 4 is 0 Å². The molecule has 0 spiro atoms. The largest absolute Gasteiger partial charge is 0.396 e. The van der Waals surface area contributed by atoms with Crippen LogP contribution in [0.3, 0.4) is 0 Å². The third-order valence-electron chi connectivity index (χ3n) is 4.19. The van der Waals surface area contributed by atoms with Gasteiger partial charge in [-0.05, 0) is 45.1 Å². The van der Waals surface area contributed by atoms with Gasteiger partial charge in [-0.15, -0.1) is 0 Å². The van der Waals surface area contributed by atoms with Crippen LogP contribution in [0.15, 0.2) is 36.5 Å². The van der Waals surface area contributed by atoms with Gasteiger partial charge in [0.2, 0.25) is 0 Å². The molecule has 0 unspecified atom stereocenters. The Morgan fingerprint density at radius 1 is 0.864 bits per heavy atom.